The van der Waals surface area contributed by atoms with E-state index in [0.29, 0.717) is 19.5 Å². The van der Waals surface area contributed by atoms with Crippen molar-refractivity contribution in [3.05, 3.63) is 22.4 Å². The van der Waals surface area contributed by atoms with E-state index in [1.165, 1.54) is 9.18 Å². The lowest BCUT2D eigenvalue weighted by Gasteiger charge is -2.18. The van der Waals surface area contributed by atoms with Crippen LogP contribution in [0, 0.1) is 0 Å². The van der Waals surface area contributed by atoms with Crippen LogP contribution in [0.3, 0.4) is 0 Å². The molecule has 0 atom stereocenters. The van der Waals surface area contributed by atoms with Crippen LogP contribution in [0.25, 0.3) is 0 Å². The Morgan fingerprint density at radius 3 is 2.58 bits per heavy atom. The van der Waals surface area contributed by atoms with E-state index in [2.05, 4.69) is 4.72 Å². The maximum atomic E-state index is 11.8. The smallest absolute Gasteiger partial charge is 0.274 e. The summed E-state index contributed by atoms with van der Waals surface area (Å²) in [5.74, 6) is -0.441. The number of carbonyl (C=O) groups excluding carboxylic acids is 1. The van der Waals surface area contributed by atoms with E-state index in [-0.39, 0.29) is 6.42 Å². The van der Waals surface area contributed by atoms with Crippen LogP contribution in [0.1, 0.15) is 31.6 Å². The fourth-order valence-corrected chi connectivity index (χ4v) is 3.65. The molecule has 0 saturated carbocycles. The van der Waals surface area contributed by atoms with Gasteiger partial charge < -0.3 is 0 Å². The first kappa shape index (κ1) is 16.1. The van der Waals surface area contributed by atoms with Crippen molar-refractivity contribution in [2.75, 3.05) is 13.1 Å². The lowest BCUT2D eigenvalue weighted by Crippen LogP contribution is -2.43. The van der Waals surface area contributed by atoms with Crippen molar-refractivity contribution in [3.63, 3.8) is 0 Å². The van der Waals surface area contributed by atoms with Gasteiger partial charge in [-0.2, -0.15) is 12.7 Å². The SMILES string of the molecule is CCN(CC)S(=O)(=O)NC(=O)CCCc1cccs1. The number of nitrogens with one attached hydrogen (secondary N) is 1. The van der Waals surface area contributed by atoms with E-state index < -0.39 is 16.1 Å². The van der Waals surface area contributed by atoms with Gasteiger partial charge in [-0.15, -0.1) is 11.3 Å². The fourth-order valence-electron chi connectivity index (χ4n) is 1.70. The molecule has 0 saturated heterocycles. The molecule has 108 valence electrons. The highest BCUT2D eigenvalue weighted by Gasteiger charge is 2.20. The third-order valence-electron chi connectivity index (χ3n) is 2.70. The summed E-state index contributed by atoms with van der Waals surface area (Å²) in [5, 5.41) is 1.99. The van der Waals surface area contributed by atoms with Gasteiger partial charge in [0.2, 0.25) is 5.91 Å². The van der Waals surface area contributed by atoms with Crippen molar-refractivity contribution in [3.8, 4) is 0 Å². The van der Waals surface area contributed by atoms with Crippen LogP contribution >= 0.6 is 11.3 Å². The first-order valence-electron chi connectivity index (χ1n) is 6.32. The number of rotatable bonds is 8. The van der Waals surface area contributed by atoms with Gasteiger partial charge in [0, 0.05) is 24.4 Å². The van der Waals surface area contributed by atoms with Gasteiger partial charge in [-0.1, -0.05) is 19.9 Å². The van der Waals surface area contributed by atoms with E-state index in [9.17, 15) is 13.2 Å². The zero-order chi connectivity index (χ0) is 14.3. The van der Waals surface area contributed by atoms with Gasteiger partial charge in [-0.05, 0) is 24.3 Å². The molecular weight excluding hydrogens is 284 g/mol. The normalized spacial score (nSPS) is 11.7. The lowest BCUT2D eigenvalue weighted by atomic mass is 10.2. The Bertz CT molecular complexity index is 479. The van der Waals surface area contributed by atoms with Crippen molar-refractivity contribution in [1.29, 1.82) is 0 Å². The monoisotopic (exact) mass is 304 g/mol. The zero-order valence-corrected chi connectivity index (χ0v) is 12.9. The lowest BCUT2D eigenvalue weighted by molar-refractivity contribution is -0.119. The van der Waals surface area contributed by atoms with Gasteiger partial charge in [-0.25, -0.2) is 4.72 Å². The second kappa shape index (κ2) is 7.62. The summed E-state index contributed by atoms with van der Waals surface area (Å²) in [6.45, 7) is 4.19. The second-order valence-electron chi connectivity index (χ2n) is 4.05. The van der Waals surface area contributed by atoms with Crippen LogP contribution in [-0.2, 0) is 21.4 Å². The highest BCUT2D eigenvalue weighted by Crippen LogP contribution is 2.12. The molecule has 0 aliphatic rings. The van der Waals surface area contributed by atoms with E-state index in [1.54, 1.807) is 25.2 Å². The van der Waals surface area contributed by atoms with E-state index in [4.69, 9.17) is 0 Å². The molecule has 1 N–H and O–H groups in total. The van der Waals surface area contributed by atoms with Gasteiger partial charge in [0.25, 0.3) is 0 Å². The molecule has 0 aliphatic carbocycles. The first-order valence-corrected chi connectivity index (χ1v) is 8.64. The predicted molar refractivity (Wildman–Crippen MR) is 77.2 cm³/mol. The minimum Gasteiger partial charge on any atom is -0.274 e. The average Bonchev–Trinajstić information content (AvgIpc) is 2.82. The topological polar surface area (TPSA) is 66.5 Å². The molecule has 0 radical (unpaired) electrons. The molecule has 0 bridgehead atoms. The van der Waals surface area contributed by atoms with Gasteiger partial charge in [0.05, 0.1) is 0 Å². The van der Waals surface area contributed by atoms with Crippen LogP contribution in [-0.4, -0.2) is 31.7 Å². The summed E-state index contributed by atoms with van der Waals surface area (Å²) in [7, 11) is -3.67. The summed E-state index contributed by atoms with van der Waals surface area (Å²) in [5.41, 5.74) is 0. The van der Waals surface area contributed by atoms with Crippen molar-refractivity contribution >= 4 is 27.5 Å². The van der Waals surface area contributed by atoms with Gasteiger partial charge in [0.1, 0.15) is 0 Å². The molecule has 1 aromatic heterocycles. The Balaban J connectivity index is 2.38. The molecule has 0 aromatic carbocycles. The molecule has 7 heteroatoms. The standard InChI is InChI=1S/C12H20N2O3S2/c1-3-14(4-2)19(16,17)13-12(15)9-5-7-11-8-6-10-18-11/h6,8,10H,3-5,7,9H2,1-2H3,(H,13,15). The molecule has 1 heterocycles. The minimum absolute atomic E-state index is 0.221. The molecule has 1 rings (SSSR count). The second-order valence-corrected chi connectivity index (χ2v) is 6.75. The Labute approximate surface area is 118 Å². The quantitative estimate of drug-likeness (QED) is 0.796. The third-order valence-corrected chi connectivity index (χ3v) is 5.31. The van der Waals surface area contributed by atoms with E-state index >= 15 is 0 Å². The van der Waals surface area contributed by atoms with Crippen molar-refractivity contribution in [2.45, 2.75) is 33.1 Å². The highest BCUT2D eigenvalue weighted by molar-refractivity contribution is 7.87. The molecule has 19 heavy (non-hydrogen) atoms. The summed E-state index contributed by atoms with van der Waals surface area (Å²) in [6, 6.07) is 3.97. The van der Waals surface area contributed by atoms with Crippen LogP contribution in [0.2, 0.25) is 0 Å². The minimum atomic E-state index is -3.67. The average molecular weight is 304 g/mol. The third kappa shape index (κ3) is 5.30. The first-order chi connectivity index (χ1) is 8.99. The van der Waals surface area contributed by atoms with Crippen LogP contribution < -0.4 is 4.72 Å². The maximum Gasteiger partial charge on any atom is 0.303 e. The zero-order valence-electron chi connectivity index (χ0n) is 11.3. The number of aryl methyl sites for hydroxylation is 1. The highest BCUT2D eigenvalue weighted by atomic mass is 32.2. The predicted octanol–water partition coefficient (Wildman–Crippen LogP) is 1.77. The maximum absolute atomic E-state index is 11.8. The van der Waals surface area contributed by atoms with E-state index in [0.717, 1.165) is 6.42 Å². The number of amides is 1. The molecule has 1 aromatic rings. The van der Waals surface area contributed by atoms with Crippen molar-refractivity contribution in [1.82, 2.24) is 9.03 Å². The van der Waals surface area contributed by atoms with Crippen molar-refractivity contribution in [2.24, 2.45) is 0 Å². The Kier molecular flexibility index (Phi) is 6.47. The summed E-state index contributed by atoms with van der Waals surface area (Å²) in [4.78, 5) is 12.8. The van der Waals surface area contributed by atoms with Gasteiger partial charge in [-0.3, -0.25) is 4.79 Å². The fraction of sp³-hybridized carbons (Fsp3) is 0.583. The molecule has 0 unspecified atom stereocenters. The Morgan fingerprint density at radius 1 is 1.37 bits per heavy atom. The number of thiophene rings is 1. The summed E-state index contributed by atoms with van der Waals surface area (Å²) < 4.78 is 26.9. The van der Waals surface area contributed by atoms with Crippen LogP contribution in [0.5, 0.6) is 0 Å². The summed E-state index contributed by atoms with van der Waals surface area (Å²) >= 11 is 1.64. The van der Waals surface area contributed by atoms with Crippen LogP contribution in [0.4, 0.5) is 0 Å². The van der Waals surface area contributed by atoms with Gasteiger partial charge >= 0.3 is 10.2 Å². The molecule has 0 fully saturated rings. The number of hydrogen-bond acceptors (Lipinski definition) is 4. The number of nitrogens with zero attached hydrogens (tertiary/aromatic N) is 1. The molecule has 5 nitrogen and oxygen atoms in total. The Morgan fingerprint density at radius 2 is 2.05 bits per heavy atom. The summed E-state index contributed by atoms with van der Waals surface area (Å²) in [6.07, 6.45) is 1.68. The molecule has 0 aliphatic heterocycles. The number of hydrogen-bond donors (Lipinski definition) is 1. The van der Waals surface area contributed by atoms with E-state index in [1.807, 2.05) is 17.5 Å². The molecule has 0 spiro atoms. The molecule has 1 amide bonds. The number of carbonyl (C=O) groups is 1. The largest absolute Gasteiger partial charge is 0.303 e. The molecular formula is C12H20N2O3S2. The van der Waals surface area contributed by atoms with Crippen molar-refractivity contribution < 1.29 is 13.2 Å². The van der Waals surface area contributed by atoms with Crippen LogP contribution in [0.15, 0.2) is 17.5 Å². The Hall–Kier alpha value is -0.920. The van der Waals surface area contributed by atoms with Gasteiger partial charge in [0.15, 0.2) is 0 Å².